The fourth-order valence-electron chi connectivity index (χ4n) is 7.21. The van der Waals surface area contributed by atoms with Crippen LogP contribution in [0.15, 0.2) is 24.3 Å². The van der Waals surface area contributed by atoms with Gasteiger partial charge in [0.1, 0.15) is 5.82 Å². The van der Waals surface area contributed by atoms with Gasteiger partial charge >= 0.3 is 0 Å². The predicted molar refractivity (Wildman–Crippen MR) is 104 cm³/mol. The van der Waals surface area contributed by atoms with Crippen LogP contribution in [-0.4, -0.2) is 36.0 Å². The minimum absolute atomic E-state index is 0.0364. The van der Waals surface area contributed by atoms with E-state index >= 15 is 0 Å². The SMILES string of the molecule is O=C(CN1CCCCC1)N[C@@]12C[C@H]3C[C@@H](C1)C[C@@](c1ccc(F)cc1)(C3)C2. The first-order chi connectivity index (χ1) is 13.0. The summed E-state index contributed by atoms with van der Waals surface area (Å²) in [7, 11) is 0. The molecule has 1 saturated heterocycles. The Morgan fingerprint density at radius 3 is 2.37 bits per heavy atom. The third-order valence-electron chi connectivity index (χ3n) is 7.74. The molecule has 146 valence electrons. The molecule has 5 fully saturated rings. The quantitative estimate of drug-likeness (QED) is 0.868. The molecule has 1 aromatic carbocycles. The molecule has 5 aliphatic rings. The number of halogens is 1. The maximum Gasteiger partial charge on any atom is 0.234 e. The molecule has 1 N–H and O–H groups in total. The van der Waals surface area contributed by atoms with Crippen molar-refractivity contribution in [2.45, 2.75) is 68.7 Å². The van der Waals surface area contributed by atoms with Gasteiger partial charge < -0.3 is 5.32 Å². The third-order valence-corrected chi connectivity index (χ3v) is 7.74. The molecular formula is C23H31FN2O. The second-order valence-corrected chi connectivity index (χ2v) is 9.91. The minimum atomic E-state index is -0.159. The number of nitrogens with zero attached hydrogens (tertiary/aromatic N) is 1. The van der Waals surface area contributed by atoms with E-state index in [1.165, 1.54) is 44.1 Å². The van der Waals surface area contributed by atoms with E-state index in [0.29, 0.717) is 18.4 Å². The average Bonchev–Trinajstić information content (AvgIpc) is 2.61. The molecule has 0 aromatic heterocycles. The van der Waals surface area contributed by atoms with Crippen molar-refractivity contribution in [3.8, 4) is 0 Å². The van der Waals surface area contributed by atoms with Crippen LogP contribution in [0.25, 0.3) is 0 Å². The zero-order valence-electron chi connectivity index (χ0n) is 16.2. The number of rotatable bonds is 4. The molecule has 1 amide bonds. The molecule has 3 nitrogen and oxygen atoms in total. The summed E-state index contributed by atoms with van der Waals surface area (Å²) in [5.41, 5.74) is 1.38. The molecule has 6 rings (SSSR count). The lowest BCUT2D eigenvalue weighted by molar-refractivity contribution is -0.129. The molecule has 1 aromatic rings. The van der Waals surface area contributed by atoms with Crippen LogP contribution in [0.3, 0.4) is 0 Å². The fourth-order valence-corrected chi connectivity index (χ4v) is 7.21. The van der Waals surface area contributed by atoms with Crippen molar-refractivity contribution in [3.63, 3.8) is 0 Å². The molecule has 0 unspecified atom stereocenters. The van der Waals surface area contributed by atoms with Crippen LogP contribution in [0, 0.1) is 17.7 Å². The first-order valence-corrected chi connectivity index (χ1v) is 10.8. The topological polar surface area (TPSA) is 32.3 Å². The highest BCUT2D eigenvalue weighted by atomic mass is 19.1. The molecule has 0 radical (unpaired) electrons. The summed E-state index contributed by atoms with van der Waals surface area (Å²) in [4.78, 5) is 15.2. The van der Waals surface area contributed by atoms with Gasteiger partial charge in [-0.25, -0.2) is 4.39 Å². The Balaban J connectivity index is 1.35. The van der Waals surface area contributed by atoms with Crippen LogP contribution in [-0.2, 0) is 10.2 Å². The van der Waals surface area contributed by atoms with E-state index in [1.807, 2.05) is 12.1 Å². The summed E-state index contributed by atoms with van der Waals surface area (Å²) in [5.74, 6) is 1.46. The van der Waals surface area contributed by atoms with Crippen LogP contribution in [0.4, 0.5) is 4.39 Å². The molecular weight excluding hydrogens is 339 g/mol. The molecule has 1 heterocycles. The number of benzene rings is 1. The lowest BCUT2D eigenvalue weighted by atomic mass is 9.45. The Morgan fingerprint density at radius 2 is 1.70 bits per heavy atom. The van der Waals surface area contributed by atoms with Gasteiger partial charge in [-0.3, -0.25) is 9.69 Å². The summed E-state index contributed by atoms with van der Waals surface area (Å²) in [6.45, 7) is 2.68. The van der Waals surface area contributed by atoms with Gasteiger partial charge in [0, 0.05) is 5.54 Å². The molecule has 4 atom stereocenters. The van der Waals surface area contributed by atoms with Crippen molar-refractivity contribution in [1.29, 1.82) is 0 Å². The van der Waals surface area contributed by atoms with Gasteiger partial charge in [0.05, 0.1) is 6.54 Å². The predicted octanol–water partition coefficient (Wildman–Crippen LogP) is 4.02. The lowest BCUT2D eigenvalue weighted by Gasteiger charge is -2.62. The van der Waals surface area contributed by atoms with Gasteiger partial charge in [-0.05, 0) is 99.4 Å². The normalized spacial score (nSPS) is 38.1. The number of piperidine rings is 1. The smallest absolute Gasteiger partial charge is 0.234 e. The summed E-state index contributed by atoms with van der Waals surface area (Å²) >= 11 is 0. The van der Waals surface area contributed by atoms with Crippen molar-refractivity contribution in [2.24, 2.45) is 11.8 Å². The Morgan fingerprint density at radius 1 is 1.04 bits per heavy atom. The minimum Gasteiger partial charge on any atom is -0.350 e. The molecule has 4 saturated carbocycles. The van der Waals surface area contributed by atoms with Gasteiger partial charge in [0.2, 0.25) is 5.91 Å². The van der Waals surface area contributed by atoms with Gasteiger partial charge in [-0.15, -0.1) is 0 Å². The molecule has 27 heavy (non-hydrogen) atoms. The van der Waals surface area contributed by atoms with E-state index in [1.54, 1.807) is 12.1 Å². The molecule has 0 spiro atoms. The lowest BCUT2D eigenvalue weighted by Crippen LogP contribution is -2.65. The molecule has 4 aliphatic carbocycles. The molecule has 1 aliphatic heterocycles. The fraction of sp³-hybridized carbons (Fsp3) is 0.696. The van der Waals surface area contributed by atoms with E-state index in [2.05, 4.69) is 10.2 Å². The summed E-state index contributed by atoms with van der Waals surface area (Å²) in [6.07, 6.45) is 10.8. The molecule has 4 bridgehead atoms. The number of carbonyl (C=O) groups excluding carboxylic acids is 1. The standard InChI is InChI=1S/C23H31FN2O/c24-20-6-4-19(5-7-20)22-11-17-10-18(12-22)14-23(13-17,16-22)25-21(27)15-26-8-2-1-3-9-26/h4-7,17-18H,1-3,8-16H2,(H,25,27)/t17-,18+,22-,23-. The maximum atomic E-state index is 13.5. The van der Waals surface area contributed by atoms with Gasteiger partial charge in [-0.2, -0.15) is 0 Å². The Hall–Kier alpha value is -1.42. The summed E-state index contributed by atoms with van der Waals surface area (Å²) in [5, 5.41) is 3.52. The van der Waals surface area contributed by atoms with Crippen molar-refractivity contribution in [2.75, 3.05) is 19.6 Å². The monoisotopic (exact) mass is 370 g/mol. The first kappa shape index (κ1) is 17.7. The summed E-state index contributed by atoms with van der Waals surface area (Å²) < 4.78 is 13.5. The Kier molecular flexibility index (Phi) is 4.30. The van der Waals surface area contributed by atoms with Gasteiger partial charge in [0.25, 0.3) is 0 Å². The summed E-state index contributed by atoms with van der Waals surface area (Å²) in [6, 6.07) is 7.20. The van der Waals surface area contributed by atoms with Crippen molar-refractivity contribution >= 4 is 5.91 Å². The number of carbonyl (C=O) groups is 1. The van der Waals surface area contributed by atoms with Crippen molar-refractivity contribution in [1.82, 2.24) is 10.2 Å². The number of amides is 1. The Labute approximate surface area is 161 Å². The van der Waals surface area contributed by atoms with Crippen LogP contribution in [0.2, 0.25) is 0 Å². The second kappa shape index (κ2) is 6.58. The van der Waals surface area contributed by atoms with E-state index in [-0.39, 0.29) is 22.7 Å². The number of hydrogen-bond donors (Lipinski definition) is 1. The van der Waals surface area contributed by atoms with E-state index in [9.17, 15) is 9.18 Å². The van der Waals surface area contributed by atoms with Crippen LogP contribution in [0.1, 0.15) is 63.4 Å². The van der Waals surface area contributed by atoms with Gasteiger partial charge in [-0.1, -0.05) is 18.6 Å². The van der Waals surface area contributed by atoms with Crippen LogP contribution < -0.4 is 5.32 Å². The number of nitrogens with one attached hydrogen (secondary N) is 1. The average molecular weight is 371 g/mol. The Bertz CT molecular complexity index is 696. The first-order valence-electron chi connectivity index (χ1n) is 10.8. The van der Waals surface area contributed by atoms with E-state index in [4.69, 9.17) is 0 Å². The van der Waals surface area contributed by atoms with E-state index in [0.717, 1.165) is 32.4 Å². The van der Waals surface area contributed by atoms with Crippen LogP contribution >= 0.6 is 0 Å². The zero-order valence-corrected chi connectivity index (χ0v) is 16.2. The van der Waals surface area contributed by atoms with Gasteiger partial charge in [0.15, 0.2) is 0 Å². The van der Waals surface area contributed by atoms with Crippen molar-refractivity contribution < 1.29 is 9.18 Å². The highest BCUT2D eigenvalue weighted by molar-refractivity contribution is 5.79. The van der Waals surface area contributed by atoms with E-state index < -0.39 is 0 Å². The zero-order chi connectivity index (χ0) is 18.5. The maximum absolute atomic E-state index is 13.5. The van der Waals surface area contributed by atoms with Crippen LogP contribution in [0.5, 0.6) is 0 Å². The number of likely N-dealkylation sites (tertiary alicyclic amines) is 1. The third kappa shape index (κ3) is 3.30. The second-order valence-electron chi connectivity index (χ2n) is 9.91. The van der Waals surface area contributed by atoms with Crippen molar-refractivity contribution in [3.05, 3.63) is 35.6 Å². The highest BCUT2D eigenvalue weighted by Gasteiger charge is 2.58. The number of hydrogen-bond acceptors (Lipinski definition) is 2. The largest absolute Gasteiger partial charge is 0.350 e. The highest BCUT2D eigenvalue weighted by Crippen LogP contribution is 2.62. The molecule has 4 heteroatoms.